The fourth-order valence-corrected chi connectivity index (χ4v) is 1.17. The molecule has 0 radical (unpaired) electrons. The van der Waals surface area contributed by atoms with Crippen LogP contribution in [0.15, 0.2) is 25.4 Å². The quantitative estimate of drug-likeness (QED) is 0.349. The standard InChI is InChI=1S/C6H5ClN5.C4H5.Fm/c1-12-2-3-4(11-12)5(8)10-6(7)9-3;1-3-4-2;/h2H,1H3,(H-,8,9,10);3H,1-2H2;/q2*-1;. The van der Waals surface area contributed by atoms with Crippen molar-refractivity contribution in [1.29, 1.82) is 0 Å². The number of fused-ring (bicyclic) bond motifs is 1. The number of nitrogens with one attached hydrogen (secondary N) is 1. The zero-order chi connectivity index (χ0) is 12.1. The van der Waals surface area contributed by atoms with Crippen LogP contribution in [0.2, 0.25) is 5.28 Å². The van der Waals surface area contributed by atoms with Crippen LogP contribution in [0.1, 0.15) is 0 Å². The monoisotopic (exact) mass is 492 g/mol. The van der Waals surface area contributed by atoms with Gasteiger partial charge in [-0.05, 0) is 5.82 Å². The van der Waals surface area contributed by atoms with E-state index < -0.39 is 0 Å². The molecule has 0 fully saturated rings. The summed E-state index contributed by atoms with van der Waals surface area (Å²) in [6.07, 6.45) is 5.65. The molecule has 0 bridgehead atoms. The molecule has 2 aromatic rings. The van der Waals surface area contributed by atoms with Gasteiger partial charge in [-0.15, -0.1) is 0 Å². The average Bonchev–Trinajstić information content (AvgIpc) is 2.59. The van der Waals surface area contributed by atoms with Crippen molar-refractivity contribution in [2.75, 3.05) is 0 Å². The molecule has 0 aliphatic rings. The van der Waals surface area contributed by atoms with Crippen LogP contribution in [0.4, 0.5) is 5.82 Å². The predicted molar refractivity (Wildman–Crippen MR) is 64.4 cm³/mol. The van der Waals surface area contributed by atoms with Gasteiger partial charge in [0.2, 0.25) is 0 Å². The van der Waals surface area contributed by atoms with Crippen LogP contribution in [-0.4, -0.2) is 19.7 Å². The number of hydrogen-bond donors (Lipinski definition) is 0. The van der Waals surface area contributed by atoms with Crippen LogP contribution in [0.3, 0.4) is 0 Å². The minimum atomic E-state index is 0. The molecule has 17 heavy (non-hydrogen) atoms. The molecule has 5 nitrogen and oxygen atoms in total. The van der Waals surface area contributed by atoms with Crippen LogP contribution in [0.5, 0.6) is 0 Å². The Morgan fingerprint density at radius 2 is 2.12 bits per heavy atom. The van der Waals surface area contributed by atoms with Crippen molar-refractivity contribution in [3.63, 3.8) is 0 Å². The Morgan fingerprint density at radius 3 is 2.65 bits per heavy atom. The van der Waals surface area contributed by atoms with Gasteiger partial charge in [0, 0.05) is 7.05 Å². The molecule has 0 saturated heterocycles. The van der Waals surface area contributed by atoms with Gasteiger partial charge in [0.05, 0.1) is 6.20 Å². The second-order valence-electron chi connectivity index (χ2n) is 2.79. The van der Waals surface area contributed by atoms with Gasteiger partial charge in [-0.1, -0.05) is 11.6 Å². The van der Waals surface area contributed by atoms with E-state index in [1.165, 1.54) is 6.08 Å². The molecule has 7 heteroatoms. The Balaban J connectivity index is 0.000000453. The van der Waals surface area contributed by atoms with E-state index in [2.05, 4.69) is 34.3 Å². The summed E-state index contributed by atoms with van der Waals surface area (Å²) >= 11 is 5.55. The molecular formula is C10H10ClFmN5-2. The van der Waals surface area contributed by atoms with Crippen molar-refractivity contribution < 1.29 is 0 Å². The van der Waals surface area contributed by atoms with E-state index in [1.54, 1.807) is 17.9 Å². The van der Waals surface area contributed by atoms with Crippen LogP contribution < -0.4 is 0 Å². The molecule has 0 saturated carbocycles. The molecule has 0 spiro atoms. The van der Waals surface area contributed by atoms with Crippen molar-refractivity contribution in [3.05, 3.63) is 42.5 Å². The zero-order valence-corrected chi connectivity index (χ0v) is 12.2. The Hall–Kier alpha value is -2.88. The minimum Gasteiger partial charge on any atom is -0.480 e. The molecule has 2 rings (SSSR count). The van der Waals surface area contributed by atoms with Gasteiger partial charge in [-0.2, -0.15) is 11.7 Å². The fraction of sp³-hybridized carbons (Fsp3) is 0.100. The van der Waals surface area contributed by atoms with Crippen molar-refractivity contribution in [3.8, 4) is 0 Å². The largest absolute Gasteiger partial charge is 0.480 e. The summed E-state index contributed by atoms with van der Waals surface area (Å²) in [4.78, 5) is 7.57. The van der Waals surface area contributed by atoms with Gasteiger partial charge < -0.3 is 10.7 Å². The molecule has 0 aliphatic carbocycles. The van der Waals surface area contributed by atoms with E-state index in [4.69, 9.17) is 17.3 Å². The third-order valence-corrected chi connectivity index (χ3v) is 1.76. The molecular weight excluding hydrogens is 483 g/mol. The Labute approximate surface area is 98.3 Å². The third-order valence-electron chi connectivity index (χ3n) is 1.59. The van der Waals surface area contributed by atoms with Crippen LogP contribution >= 0.6 is 11.6 Å². The summed E-state index contributed by atoms with van der Waals surface area (Å²) in [6.45, 7) is 6.54. The van der Waals surface area contributed by atoms with Gasteiger partial charge in [-0.25, -0.2) is 17.6 Å². The van der Waals surface area contributed by atoms with Crippen molar-refractivity contribution >= 4 is 28.5 Å². The fourth-order valence-electron chi connectivity index (χ4n) is 0.996. The Bertz CT molecular complexity index is 517. The first-order valence-corrected chi connectivity index (χ1v) is 4.68. The van der Waals surface area contributed by atoms with Crippen LogP contribution in [0.25, 0.3) is 16.8 Å². The molecule has 2 heterocycles. The molecule has 0 unspecified atom stereocenters. The van der Waals surface area contributed by atoms with Crippen molar-refractivity contribution in [1.82, 2.24) is 19.7 Å². The van der Waals surface area contributed by atoms with E-state index in [-0.39, 0.29) is 11.1 Å². The van der Waals surface area contributed by atoms with Crippen LogP contribution in [0, 0.1) is 6.08 Å². The normalized spacial score (nSPS) is 8.82. The SMILES string of the molecule is C=[C-]C=C.Cn1cc2nc(Cl)nc([NH-])c2n1.[Fm]. The molecule has 2 aromatic heterocycles. The molecule has 0 amide bonds. The molecule has 1 N–H and O–H groups in total. The van der Waals surface area contributed by atoms with Gasteiger partial charge in [-0.3, -0.25) is 10.8 Å². The molecule has 0 aliphatic heterocycles. The van der Waals surface area contributed by atoms with Crippen molar-refractivity contribution in [2.24, 2.45) is 7.05 Å². The number of hydrogen-bond acceptors (Lipinski definition) is 3. The van der Waals surface area contributed by atoms with Gasteiger partial charge >= 0.3 is 0 Å². The first kappa shape index (κ1) is 14.1. The van der Waals surface area contributed by atoms with E-state index >= 15 is 0 Å². The first-order chi connectivity index (χ1) is 7.58. The maximum atomic E-state index is 7.41. The molecule has 96 valence electrons. The Kier molecular flexibility index (Phi) is 4.88. The summed E-state index contributed by atoms with van der Waals surface area (Å²) in [5, 5.41) is 4.08. The zero-order valence-electron chi connectivity index (χ0n) is 9.02. The first-order valence-electron chi connectivity index (χ1n) is 4.30. The van der Waals surface area contributed by atoms with Gasteiger partial charge in [0.25, 0.3) is 0 Å². The maximum absolute atomic E-state index is 7.41. The predicted octanol–water partition coefficient (Wildman–Crippen LogP) is 2.86. The number of halogens is 1. The third kappa shape index (κ3) is 3.32. The van der Waals surface area contributed by atoms with E-state index in [0.717, 1.165) is 0 Å². The summed E-state index contributed by atoms with van der Waals surface area (Å²) in [5.74, 6) is 0.0607. The van der Waals surface area contributed by atoms with Crippen molar-refractivity contribution in [2.45, 2.75) is 0 Å². The number of aryl methyl sites for hydroxylation is 1. The second kappa shape index (κ2) is 5.87. The maximum Gasteiger partial charge on any atom is 0.120 e. The Morgan fingerprint density at radius 1 is 1.53 bits per heavy atom. The summed E-state index contributed by atoms with van der Waals surface area (Å²) in [5.41, 5.74) is 8.48. The molecule has 0 aromatic carbocycles. The topological polar surface area (TPSA) is 67.4 Å². The second-order valence-corrected chi connectivity index (χ2v) is 3.12. The minimum absolute atomic E-state index is 0. The number of aromatic nitrogens is 4. The number of rotatable bonds is 1. The smallest absolute Gasteiger partial charge is 0.120 e. The number of allylic oxidation sites excluding steroid dienone is 2. The van der Waals surface area contributed by atoms with Crippen LogP contribution in [-0.2, 0) is 7.05 Å². The van der Waals surface area contributed by atoms with E-state index in [0.29, 0.717) is 11.0 Å². The summed E-state index contributed by atoms with van der Waals surface area (Å²) < 4.78 is 1.58. The average molecular weight is 493 g/mol. The number of nitrogens with zero attached hydrogens (tertiary/aromatic N) is 4. The molecule has 0 atom stereocenters. The van der Waals surface area contributed by atoms with E-state index in [1.807, 2.05) is 0 Å². The van der Waals surface area contributed by atoms with Gasteiger partial charge in [0.1, 0.15) is 16.3 Å². The van der Waals surface area contributed by atoms with E-state index in [9.17, 15) is 0 Å². The van der Waals surface area contributed by atoms with Gasteiger partial charge in [0.15, 0.2) is 0 Å². The summed E-state index contributed by atoms with van der Waals surface area (Å²) in [7, 11) is 1.76. The summed E-state index contributed by atoms with van der Waals surface area (Å²) in [6, 6.07) is 0.